The Bertz CT molecular complexity index is 618. The zero-order valence-electron chi connectivity index (χ0n) is 14.0. The van der Waals surface area contributed by atoms with Gasteiger partial charge in [-0.1, -0.05) is 0 Å². The first-order valence-corrected chi connectivity index (χ1v) is 9.63. The van der Waals surface area contributed by atoms with Crippen LogP contribution in [-0.4, -0.2) is 43.2 Å². The molecule has 0 N–H and O–H groups in total. The molecule has 4 nitrogen and oxygen atoms in total. The van der Waals surface area contributed by atoms with Gasteiger partial charge in [-0.2, -0.15) is 0 Å². The van der Waals surface area contributed by atoms with Crippen LogP contribution in [0.15, 0.2) is 6.07 Å². The monoisotopic (exact) mass is 322 g/mol. The van der Waals surface area contributed by atoms with E-state index >= 15 is 0 Å². The van der Waals surface area contributed by atoms with Crippen molar-refractivity contribution in [2.45, 2.75) is 58.4 Å². The van der Waals surface area contributed by atoms with Crippen LogP contribution in [-0.2, 0) is 17.3 Å². The summed E-state index contributed by atoms with van der Waals surface area (Å²) in [5.41, 5.74) is 3.08. The van der Waals surface area contributed by atoms with Gasteiger partial charge in [0.2, 0.25) is 0 Å². The van der Waals surface area contributed by atoms with Crippen molar-refractivity contribution >= 4 is 16.7 Å². The van der Waals surface area contributed by atoms with Crippen LogP contribution in [0.25, 0.3) is 0 Å². The molecule has 0 bridgehead atoms. The molecule has 122 valence electrons. The Morgan fingerprint density at radius 2 is 2.00 bits per heavy atom. The summed E-state index contributed by atoms with van der Waals surface area (Å²) in [5, 5.41) is 0.0488. The van der Waals surface area contributed by atoms with E-state index in [1.54, 1.807) is 0 Å². The van der Waals surface area contributed by atoms with E-state index in [9.17, 15) is 9.00 Å². The highest BCUT2D eigenvalue weighted by molar-refractivity contribution is 7.85. The van der Waals surface area contributed by atoms with E-state index in [1.165, 1.54) is 18.5 Å². The van der Waals surface area contributed by atoms with Crippen molar-refractivity contribution in [1.29, 1.82) is 0 Å². The second-order valence-corrected chi connectivity index (χ2v) is 8.78. The molecule has 1 saturated heterocycles. The molecule has 3 atom stereocenters. The lowest BCUT2D eigenvalue weighted by Gasteiger charge is -2.37. The maximum absolute atomic E-state index is 13.0. The van der Waals surface area contributed by atoms with Crippen molar-refractivity contribution in [2.75, 3.05) is 12.3 Å². The van der Waals surface area contributed by atoms with Crippen LogP contribution in [0, 0.1) is 19.8 Å². The van der Waals surface area contributed by atoms with Gasteiger partial charge in [-0.3, -0.25) is 9.00 Å². The number of nitrogens with zero attached hydrogens (tertiary/aromatic N) is 2. The predicted octanol–water partition coefficient (Wildman–Crippen LogP) is 2.50. The molecule has 0 spiro atoms. The lowest BCUT2D eigenvalue weighted by atomic mass is 10.1. The highest BCUT2D eigenvalue weighted by Crippen LogP contribution is 2.32. The van der Waals surface area contributed by atoms with Crippen LogP contribution < -0.4 is 0 Å². The van der Waals surface area contributed by atoms with Crippen molar-refractivity contribution in [3.05, 3.63) is 23.0 Å². The van der Waals surface area contributed by atoms with Gasteiger partial charge in [0, 0.05) is 47.1 Å². The Morgan fingerprint density at radius 1 is 1.32 bits per heavy atom. The molecule has 1 amide bonds. The summed E-state index contributed by atoms with van der Waals surface area (Å²) < 4.78 is 14.2. The number of hydrogen-bond donors (Lipinski definition) is 0. The first-order chi connectivity index (χ1) is 10.4. The fourth-order valence-corrected chi connectivity index (χ4v) is 4.68. The molecular formula is C17H26N2O2S. The summed E-state index contributed by atoms with van der Waals surface area (Å²) in [4.78, 5) is 14.9. The molecule has 2 aliphatic rings. The smallest absolute Gasteiger partial charge is 0.255 e. The number of aryl methyl sites for hydroxylation is 1. The van der Waals surface area contributed by atoms with Crippen LogP contribution in [0.3, 0.4) is 0 Å². The minimum absolute atomic E-state index is 0.0357. The molecular weight excluding hydrogens is 296 g/mol. The van der Waals surface area contributed by atoms with E-state index < -0.39 is 10.8 Å². The van der Waals surface area contributed by atoms with Gasteiger partial charge in [0.1, 0.15) is 0 Å². The minimum atomic E-state index is -0.812. The normalized spacial score (nSPS) is 28.9. The Hall–Kier alpha value is -1.10. The molecule has 5 heteroatoms. The summed E-state index contributed by atoms with van der Waals surface area (Å²) in [7, 11) is -0.812. The van der Waals surface area contributed by atoms with Gasteiger partial charge in [-0.05, 0) is 52.5 Å². The van der Waals surface area contributed by atoms with Crippen molar-refractivity contribution in [3.63, 3.8) is 0 Å². The van der Waals surface area contributed by atoms with Crippen LogP contribution in [0.2, 0.25) is 0 Å². The molecule has 2 heterocycles. The summed E-state index contributed by atoms with van der Waals surface area (Å²) in [6.45, 7) is 9.78. The summed E-state index contributed by atoms with van der Waals surface area (Å²) in [6, 6.07) is 2.07. The SMILES string of the molecule is Cc1cc(C(=O)N2CC[S@@](=O)[C@@H](C)[C@@H]2C)c(C)n1CC1CC1. The van der Waals surface area contributed by atoms with E-state index in [0.717, 1.165) is 23.7 Å². The Kier molecular flexibility index (Phi) is 4.19. The van der Waals surface area contributed by atoms with Crippen molar-refractivity contribution in [1.82, 2.24) is 9.47 Å². The molecule has 2 fully saturated rings. The maximum Gasteiger partial charge on any atom is 0.255 e. The third-order valence-corrected chi connectivity index (χ3v) is 7.13. The van der Waals surface area contributed by atoms with Gasteiger partial charge in [-0.25, -0.2) is 0 Å². The lowest BCUT2D eigenvalue weighted by molar-refractivity contribution is 0.0694. The molecule has 1 saturated carbocycles. The first kappa shape index (κ1) is 15.8. The maximum atomic E-state index is 13.0. The van der Waals surface area contributed by atoms with Gasteiger partial charge in [0.25, 0.3) is 5.91 Å². The van der Waals surface area contributed by atoms with Crippen molar-refractivity contribution in [2.24, 2.45) is 5.92 Å². The van der Waals surface area contributed by atoms with Gasteiger partial charge in [-0.15, -0.1) is 0 Å². The fourth-order valence-electron chi connectivity index (χ4n) is 3.35. The molecule has 1 aromatic heterocycles. The molecule has 1 aliphatic carbocycles. The number of rotatable bonds is 3. The molecule has 22 heavy (non-hydrogen) atoms. The standard InChI is InChI=1S/C17H26N2O2S/c1-11-9-16(13(3)19(11)10-15-5-6-15)17(20)18-7-8-22(21)14(4)12(18)2/h9,12,14-15H,5-8,10H2,1-4H3/t12-,14-,22+/m0/s1. The zero-order valence-corrected chi connectivity index (χ0v) is 14.8. The average Bonchev–Trinajstić information content (AvgIpc) is 3.26. The van der Waals surface area contributed by atoms with E-state index in [2.05, 4.69) is 18.4 Å². The number of amides is 1. The van der Waals surface area contributed by atoms with Crippen LogP contribution >= 0.6 is 0 Å². The number of carbonyl (C=O) groups is 1. The molecule has 1 aliphatic heterocycles. The highest BCUT2D eigenvalue weighted by atomic mass is 32.2. The fraction of sp³-hybridized carbons (Fsp3) is 0.706. The molecule has 0 radical (unpaired) electrons. The summed E-state index contributed by atoms with van der Waals surface area (Å²) in [5.74, 6) is 1.49. The van der Waals surface area contributed by atoms with Crippen molar-refractivity contribution in [3.8, 4) is 0 Å². The Morgan fingerprint density at radius 3 is 2.64 bits per heavy atom. The average molecular weight is 322 g/mol. The van der Waals surface area contributed by atoms with Crippen LogP contribution in [0.5, 0.6) is 0 Å². The number of carbonyl (C=O) groups excluding carboxylic acids is 1. The molecule has 1 aromatic rings. The Balaban J connectivity index is 1.84. The summed E-state index contributed by atoms with van der Waals surface area (Å²) >= 11 is 0. The molecule has 0 unspecified atom stereocenters. The lowest BCUT2D eigenvalue weighted by Crippen LogP contribution is -2.52. The van der Waals surface area contributed by atoms with E-state index in [0.29, 0.717) is 12.3 Å². The first-order valence-electron chi connectivity index (χ1n) is 8.25. The Labute approximate surface area is 135 Å². The number of aromatic nitrogens is 1. The van der Waals surface area contributed by atoms with E-state index in [-0.39, 0.29) is 17.2 Å². The zero-order chi connectivity index (χ0) is 16.0. The topological polar surface area (TPSA) is 42.3 Å². The predicted molar refractivity (Wildman–Crippen MR) is 89.6 cm³/mol. The molecule has 0 aromatic carbocycles. The third-order valence-electron chi connectivity index (χ3n) is 5.32. The third kappa shape index (κ3) is 2.75. The van der Waals surface area contributed by atoms with Crippen LogP contribution in [0.4, 0.5) is 0 Å². The number of hydrogen-bond acceptors (Lipinski definition) is 2. The molecule has 3 rings (SSSR count). The second-order valence-electron chi connectivity index (χ2n) is 6.87. The second kappa shape index (κ2) is 5.84. The van der Waals surface area contributed by atoms with Gasteiger partial charge in [0.05, 0.1) is 10.8 Å². The quantitative estimate of drug-likeness (QED) is 0.858. The van der Waals surface area contributed by atoms with Crippen LogP contribution in [0.1, 0.15) is 48.4 Å². The van der Waals surface area contributed by atoms with Gasteiger partial charge in [0.15, 0.2) is 0 Å². The summed E-state index contributed by atoms with van der Waals surface area (Å²) in [6.07, 6.45) is 2.62. The van der Waals surface area contributed by atoms with Crippen molar-refractivity contribution < 1.29 is 9.00 Å². The van der Waals surface area contributed by atoms with Gasteiger partial charge >= 0.3 is 0 Å². The minimum Gasteiger partial charge on any atom is -0.348 e. The van der Waals surface area contributed by atoms with E-state index in [4.69, 9.17) is 0 Å². The highest BCUT2D eigenvalue weighted by Gasteiger charge is 2.34. The van der Waals surface area contributed by atoms with Gasteiger partial charge < -0.3 is 9.47 Å². The van der Waals surface area contributed by atoms with E-state index in [1.807, 2.05) is 24.8 Å². The largest absolute Gasteiger partial charge is 0.348 e.